The summed E-state index contributed by atoms with van der Waals surface area (Å²) >= 11 is 1.55. The summed E-state index contributed by atoms with van der Waals surface area (Å²) in [5.74, 6) is 1.37. The van der Waals surface area contributed by atoms with E-state index in [4.69, 9.17) is 0 Å². The van der Waals surface area contributed by atoms with E-state index in [1.54, 1.807) is 11.5 Å². The predicted octanol–water partition coefficient (Wildman–Crippen LogP) is 3.16. The monoisotopic (exact) mass is 273 g/mol. The standard InChI is InChI=1S/C15H19N3S/c1-3-13-15(19-18-17-13)14(16-2)12-9-11(12)10-7-5-4-6-8-10/h4-8,11-12,14,16H,3,9H2,1-2H3. The fraction of sp³-hybridized carbons (Fsp3) is 0.467. The second kappa shape index (κ2) is 5.39. The molecule has 3 atom stereocenters. The second-order valence-corrected chi connectivity index (χ2v) is 5.91. The number of aryl methyl sites for hydroxylation is 1. The molecule has 1 aliphatic rings. The number of aromatic nitrogens is 2. The number of benzene rings is 1. The van der Waals surface area contributed by atoms with Gasteiger partial charge in [0.2, 0.25) is 0 Å². The number of rotatable bonds is 5. The Morgan fingerprint density at radius 1 is 1.37 bits per heavy atom. The molecule has 0 radical (unpaired) electrons. The summed E-state index contributed by atoms with van der Waals surface area (Å²) in [5.41, 5.74) is 2.62. The summed E-state index contributed by atoms with van der Waals surface area (Å²) in [5, 5.41) is 7.71. The highest BCUT2D eigenvalue weighted by atomic mass is 32.1. The van der Waals surface area contributed by atoms with E-state index < -0.39 is 0 Å². The molecule has 1 aromatic carbocycles. The third-order valence-corrected chi connectivity index (χ3v) is 4.86. The molecule has 1 saturated carbocycles. The molecule has 100 valence electrons. The van der Waals surface area contributed by atoms with Crippen molar-refractivity contribution in [3.63, 3.8) is 0 Å². The molecule has 1 aromatic heterocycles. The van der Waals surface area contributed by atoms with Gasteiger partial charge in [-0.25, -0.2) is 0 Å². The lowest BCUT2D eigenvalue weighted by atomic mass is 10.0. The summed E-state index contributed by atoms with van der Waals surface area (Å²) in [6.07, 6.45) is 2.23. The Bertz CT molecular complexity index is 537. The van der Waals surface area contributed by atoms with E-state index in [9.17, 15) is 0 Å². The molecule has 3 nitrogen and oxygen atoms in total. The summed E-state index contributed by atoms with van der Waals surface area (Å²) in [7, 11) is 2.05. The number of hydrogen-bond donors (Lipinski definition) is 1. The minimum Gasteiger partial charge on any atom is -0.312 e. The lowest BCUT2D eigenvalue weighted by molar-refractivity contribution is 0.521. The van der Waals surface area contributed by atoms with Crippen molar-refractivity contribution in [3.8, 4) is 0 Å². The second-order valence-electron chi connectivity index (χ2n) is 5.12. The van der Waals surface area contributed by atoms with Gasteiger partial charge in [-0.2, -0.15) is 0 Å². The molecule has 4 heteroatoms. The van der Waals surface area contributed by atoms with Crippen molar-refractivity contribution >= 4 is 11.5 Å². The largest absolute Gasteiger partial charge is 0.312 e. The van der Waals surface area contributed by atoms with Gasteiger partial charge in [-0.3, -0.25) is 0 Å². The van der Waals surface area contributed by atoms with Crippen LogP contribution >= 0.6 is 11.5 Å². The van der Waals surface area contributed by atoms with E-state index in [1.165, 1.54) is 16.9 Å². The highest BCUT2D eigenvalue weighted by Gasteiger charge is 2.45. The molecule has 1 fully saturated rings. The van der Waals surface area contributed by atoms with E-state index in [1.807, 2.05) is 7.05 Å². The lowest BCUT2D eigenvalue weighted by Crippen LogP contribution is -2.19. The van der Waals surface area contributed by atoms with Crippen LogP contribution in [0.15, 0.2) is 30.3 Å². The quantitative estimate of drug-likeness (QED) is 0.909. The number of hydrogen-bond acceptors (Lipinski definition) is 4. The molecular formula is C15H19N3S. The molecule has 1 heterocycles. The Labute approximate surface area is 118 Å². The number of nitrogens with zero attached hydrogens (tertiary/aromatic N) is 2. The van der Waals surface area contributed by atoms with Gasteiger partial charge in [0.25, 0.3) is 0 Å². The van der Waals surface area contributed by atoms with E-state index in [0.717, 1.165) is 12.1 Å². The Hall–Kier alpha value is -1.26. The Kier molecular flexibility index (Phi) is 3.62. The van der Waals surface area contributed by atoms with Gasteiger partial charge in [0, 0.05) is 6.04 Å². The van der Waals surface area contributed by atoms with Crippen molar-refractivity contribution in [1.82, 2.24) is 14.9 Å². The molecule has 1 N–H and O–H groups in total. The van der Waals surface area contributed by atoms with Crippen LogP contribution in [0.5, 0.6) is 0 Å². The molecular weight excluding hydrogens is 254 g/mol. The van der Waals surface area contributed by atoms with Gasteiger partial charge < -0.3 is 5.32 Å². The van der Waals surface area contributed by atoms with Crippen LogP contribution in [-0.4, -0.2) is 16.6 Å². The molecule has 3 unspecified atom stereocenters. The van der Waals surface area contributed by atoms with Crippen LogP contribution in [0.3, 0.4) is 0 Å². The average Bonchev–Trinajstić information content (AvgIpc) is 3.10. The molecule has 3 rings (SSSR count). The fourth-order valence-corrected chi connectivity index (χ4v) is 3.83. The maximum Gasteiger partial charge on any atom is 0.0801 e. The van der Waals surface area contributed by atoms with E-state index in [-0.39, 0.29) is 0 Å². The normalized spacial score (nSPS) is 23.3. The van der Waals surface area contributed by atoms with Crippen molar-refractivity contribution < 1.29 is 0 Å². The first-order valence-electron chi connectivity index (χ1n) is 6.88. The van der Waals surface area contributed by atoms with E-state index in [2.05, 4.69) is 52.2 Å². The summed E-state index contributed by atoms with van der Waals surface area (Å²) < 4.78 is 4.12. The van der Waals surface area contributed by atoms with Crippen molar-refractivity contribution in [1.29, 1.82) is 0 Å². The van der Waals surface area contributed by atoms with E-state index >= 15 is 0 Å². The molecule has 19 heavy (non-hydrogen) atoms. The summed E-state index contributed by atoms with van der Waals surface area (Å²) in [6, 6.07) is 11.2. The van der Waals surface area contributed by atoms with Crippen LogP contribution in [0.4, 0.5) is 0 Å². The third kappa shape index (κ3) is 2.42. The maximum atomic E-state index is 4.24. The van der Waals surface area contributed by atoms with Crippen LogP contribution < -0.4 is 5.32 Å². The molecule has 0 saturated heterocycles. The first kappa shape index (κ1) is 12.8. The third-order valence-electron chi connectivity index (χ3n) is 4.01. The van der Waals surface area contributed by atoms with Crippen LogP contribution in [0, 0.1) is 5.92 Å². The highest BCUT2D eigenvalue weighted by molar-refractivity contribution is 7.05. The molecule has 0 amide bonds. The molecule has 1 aliphatic carbocycles. The lowest BCUT2D eigenvalue weighted by Gasteiger charge is -2.15. The minimum atomic E-state index is 0.403. The van der Waals surface area contributed by atoms with Crippen molar-refractivity contribution in [2.45, 2.75) is 31.7 Å². The Balaban J connectivity index is 1.79. The average molecular weight is 273 g/mol. The van der Waals surface area contributed by atoms with Gasteiger partial charge in [-0.05, 0) is 48.8 Å². The van der Waals surface area contributed by atoms with Crippen molar-refractivity contribution in [2.75, 3.05) is 7.05 Å². The fourth-order valence-electron chi connectivity index (χ4n) is 2.90. The van der Waals surface area contributed by atoms with Crippen molar-refractivity contribution in [2.24, 2.45) is 5.92 Å². The summed E-state index contributed by atoms with van der Waals surface area (Å²) in [6.45, 7) is 2.15. The van der Waals surface area contributed by atoms with E-state index in [0.29, 0.717) is 17.9 Å². The Morgan fingerprint density at radius 2 is 2.16 bits per heavy atom. The molecule has 2 aromatic rings. The smallest absolute Gasteiger partial charge is 0.0801 e. The highest BCUT2D eigenvalue weighted by Crippen LogP contribution is 2.54. The molecule has 0 spiro atoms. The SMILES string of the molecule is CCc1nnsc1C(NC)C1CC1c1ccccc1. The van der Waals surface area contributed by atoms with Gasteiger partial charge in [0.15, 0.2) is 0 Å². The maximum absolute atomic E-state index is 4.24. The zero-order valence-electron chi connectivity index (χ0n) is 11.3. The topological polar surface area (TPSA) is 37.8 Å². The van der Waals surface area contributed by atoms with Crippen LogP contribution in [0.2, 0.25) is 0 Å². The van der Waals surface area contributed by atoms with Gasteiger partial charge in [-0.15, -0.1) is 5.10 Å². The first-order chi connectivity index (χ1) is 9.35. The van der Waals surface area contributed by atoms with Gasteiger partial charge in [0.1, 0.15) is 0 Å². The summed E-state index contributed by atoms with van der Waals surface area (Å²) in [4.78, 5) is 1.33. The zero-order chi connectivity index (χ0) is 13.2. The van der Waals surface area contributed by atoms with Crippen LogP contribution in [0.1, 0.15) is 41.4 Å². The zero-order valence-corrected chi connectivity index (χ0v) is 12.2. The first-order valence-corrected chi connectivity index (χ1v) is 7.65. The van der Waals surface area contributed by atoms with Gasteiger partial charge in [-0.1, -0.05) is 41.7 Å². The van der Waals surface area contributed by atoms with Gasteiger partial charge in [0.05, 0.1) is 10.6 Å². The van der Waals surface area contributed by atoms with Crippen molar-refractivity contribution in [3.05, 3.63) is 46.5 Å². The predicted molar refractivity (Wildman–Crippen MR) is 78.4 cm³/mol. The minimum absolute atomic E-state index is 0.403. The number of nitrogens with one attached hydrogen (secondary N) is 1. The Morgan fingerprint density at radius 3 is 2.84 bits per heavy atom. The van der Waals surface area contributed by atoms with Gasteiger partial charge >= 0.3 is 0 Å². The molecule has 0 bridgehead atoms. The van der Waals surface area contributed by atoms with Crippen LogP contribution in [0.25, 0.3) is 0 Å². The van der Waals surface area contributed by atoms with Crippen LogP contribution in [-0.2, 0) is 6.42 Å². The molecule has 0 aliphatic heterocycles.